The van der Waals surface area contributed by atoms with E-state index in [2.05, 4.69) is 43.4 Å². The highest BCUT2D eigenvalue weighted by Gasteiger charge is 2.44. The van der Waals surface area contributed by atoms with Crippen LogP contribution in [0.25, 0.3) is 0 Å². The zero-order valence-electron chi connectivity index (χ0n) is 13.0. The lowest BCUT2D eigenvalue weighted by atomic mass is 10.1. The lowest BCUT2D eigenvalue weighted by Crippen LogP contribution is -2.07. The second-order valence-electron chi connectivity index (χ2n) is 5.37. The summed E-state index contributed by atoms with van der Waals surface area (Å²) < 4.78 is 5.06. The molecule has 0 amide bonds. The Morgan fingerprint density at radius 2 is 1.67 bits per heavy atom. The van der Waals surface area contributed by atoms with Crippen molar-refractivity contribution in [2.45, 2.75) is 70.5 Å². The molecule has 1 aliphatic rings. The third-order valence-electron chi connectivity index (χ3n) is 3.47. The maximum atomic E-state index is 10.6. The molecule has 0 radical (unpaired) electrons. The highest BCUT2D eigenvalue weighted by atomic mass is 16.6. The van der Waals surface area contributed by atoms with Crippen molar-refractivity contribution in [1.82, 2.24) is 0 Å². The van der Waals surface area contributed by atoms with Gasteiger partial charge in [0, 0.05) is 0 Å². The number of hydrogen-bond acceptors (Lipinski definition) is 2. The van der Waals surface area contributed by atoms with E-state index in [9.17, 15) is 4.79 Å². The predicted molar refractivity (Wildman–Crippen MR) is 86.3 cm³/mol. The monoisotopic (exact) mass is 292 g/mol. The van der Waals surface area contributed by atoms with E-state index < -0.39 is 12.1 Å². The Morgan fingerprint density at radius 1 is 1.00 bits per heavy atom. The summed E-state index contributed by atoms with van der Waals surface area (Å²) in [6.07, 6.45) is 21.2. The minimum absolute atomic E-state index is 0.0232. The Balaban J connectivity index is 1.85. The molecule has 1 fully saturated rings. The first kappa shape index (κ1) is 17.7. The van der Waals surface area contributed by atoms with Crippen molar-refractivity contribution < 1.29 is 14.6 Å². The molecule has 0 bridgehead atoms. The maximum Gasteiger partial charge on any atom is 0.335 e. The van der Waals surface area contributed by atoms with Gasteiger partial charge in [0.1, 0.15) is 0 Å². The van der Waals surface area contributed by atoms with Gasteiger partial charge in [0.15, 0.2) is 6.10 Å². The smallest absolute Gasteiger partial charge is 0.335 e. The van der Waals surface area contributed by atoms with Gasteiger partial charge in [-0.05, 0) is 38.5 Å². The van der Waals surface area contributed by atoms with Gasteiger partial charge in [-0.3, -0.25) is 0 Å². The molecule has 3 nitrogen and oxygen atoms in total. The first-order valence-corrected chi connectivity index (χ1v) is 8.09. The fraction of sp³-hybridized carbons (Fsp3) is 0.611. The van der Waals surface area contributed by atoms with Crippen LogP contribution < -0.4 is 0 Å². The molecule has 1 rings (SSSR count). The van der Waals surface area contributed by atoms with Crippen LogP contribution >= 0.6 is 0 Å². The summed E-state index contributed by atoms with van der Waals surface area (Å²) in [4.78, 5) is 10.6. The second-order valence-corrected chi connectivity index (χ2v) is 5.37. The summed E-state index contributed by atoms with van der Waals surface area (Å²) in [5.74, 6) is -0.818. The van der Waals surface area contributed by atoms with Crippen molar-refractivity contribution in [3.8, 4) is 0 Å². The quantitative estimate of drug-likeness (QED) is 0.323. The predicted octanol–water partition coefficient (Wildman–Crippen LogP) is 4.65. The fourth-order valence-corrected chi connectivity index (χ4v) is 2.19. The van der Waals surface area contributed by atoms with Gasteiger partial charge in [0.25, 0.3) is 0 Å². The Morgan fingerprint density at radius 3 is 2.29 bits per heavy atom. The number of ether oxygens (including phenoxy) is 1. The van der Waals surface area contributed by atoms with Crippen LogP contribution in [0.3, 0.4) is 0 Å². The van der Waals surface area contributed by atoms with Crippen molar-refractivity contribution >= 4 is 5.97 Å². The third-order valence-corrected chi connectivity index (χ3v) is 3.47. The zero-order chi connectivity index (χ0) is 15.3. The van der Waals surface area contributed by atoms with E-state index in [1.54, 1.807) is 0 Å². The summed E-state index contributed by atoms with van der Waals surface area (Å²) in [7, 11) is 0. The highest BCUT2D eigenvalue weighted by molar-refractivity contribution is 5.75. The topological polar surface area (TPSA) is 49.8 Å². The standard InChI is InChI=1S/C18H28O3/c1-2-3-4-5-6-7-8-9-10-11-12-13-14-15-16-17(21-16)18(19)20/h3-4,6-7,9-10,16-17H,2,5,8,11-15H2,1H3,(H,19,20)/b4-3-,7-6-,10-9-. The molecule has 2 atom stereocenters. The van der Waals surface area contributed by atoms with Crippen molar-refractivity contribution in [2.24, 2.45) is 0 Å². The molecule has 1 N–H and O–H groups in total. The minimum atomic E-state index is -0.818. The molecule has 1 aliphatic heterocycles. The van der Waals surface area contributed by atoms with Crippen LogP contribution in [0.2, 0.25) is 0 Å². The molecule has 0 spiro atoms. The molecule has 0 saturated carbocycles. The van der Waals surface area contributed by atoms with Crippen molar-refractivity contribution in [3.05, 3.63) is 36.5 Å². The Hall–Kier alpha value is -1.35. The van der Waals surface area contributed by atoms with Gasteiger partial charge in [0.2, 0.25) is 0 Å². The van der Waals surface area contributed by atoms with E-state index in [1.165, 1.54) is 6.42 Å². The molecule has 0 aromatic heterocycles. The van der Waals surface area contributed by atoms with Crippen molar-refractivity contribution in [2.75, 3.05) is 0 Å². The lowest BCUT2D eigenvalue weighted by molar-refractivity contribution is -0.138. The average Bonchev–Trinajstić information content (AvgIpc) is 3.24. The van der Waals surface area contributed by atoms with E-state index in [0.29, 0.717) is 0 Å². The number of rotatable bonds is 12. The third kappa shape index (κ3) is 9.24. The normalized spacial score (nSPS) is 21.8. The van der Waals surface area contributed by atoms with Gasteiger partial charge in [0.05, 0.1) is 6.10 Å². The van der Waals surface area contributed by atoms with Crippen LogP contribution in [0.1, 0.15) is 58.3 Å². The number of unbranched alkanes of at least 4 members (excludes halogenated alkanes) is 3. The molecule has 0 aliphatic carbocycles. The van der Waals surface area contributed by atoms with Crippen molar-refractivity contribution in [3.63, 3.8) is 0 Å². The summed E-state index contributed by atoms with van der Waals surface area (Å²) in [5.41, 5.74) is 0. The number of aliphatic carboxylic acids is 1. The van der Waals surface area contributed by atoms with Crippen LogP contribution in [-0.4, -0.2) is 23.3 Å². The van der Waals surface area contributed by atoms with Crippen LogP contribution in [0.15, 0.2) is 36.5 Å². The van der Waals surface area contributed by atoms with E-state index in [1.807, 2.05) is 0 Å². The minimum Gasteiger partial charge on any atom is -0.479 e. The second kappa shape index (κ2) is 11.3. The van der Waals surface area contributed by atoms with Gasteiger partial charge in [-0.15, -0.1) is 0 Å². The zero-order valence-corrected chi connectivity index (χ0v) is 13.0. The van der Waals surface area contributed by atoms with Crippen LogP contribution in [0.5, 0.6) is 0 Å². The Kier molecular flexibility index (Phi) is 9.55. The van der Waals surface area contributed by atoms with E-state index >= 15 is 0 Å². The summed E-state index contributed by atoms with van der Waals surface area (Å²) in [6, 6.07) is 0. The van der Waals surface area contributed by atoms with Gasteiger partial charge in [-0.2, -0.15) is 0 Å². The molecule has 1 heterocycles. The molecule has 1 saturated heterocycles. The van der Waals surface area contributed by atoms with E-state index in [4.69, 9.17) is 9.84 Å². The molecular formula is C18H28O3. The summed E-state index contributed by atoms with van der Waals surface area (Å²) >= 11 is 0. The van der Waals surface area contributed by atoms with Crippen molar-refractivity contribution in [1.29, 1.82) is 0 Å². The van der Waals surface area contributed by atoms with Crippen LogP contribution in [0.4, 0.5) is 0 Å². The molecule has 21 heavy (non-hydrogen) atoms. The lowest BCUT2D eigenvalue weighted by Gasteiger charge is -1.96. The Labute approximate surface area is 128 Å². The average molecular weight is 292 g/mol. The first-order chi connectivity index (χ1) is 10.3. The first-order valence-electron chi connectivity index (χ1n) is 8.09. The number of carboxylic acids is 1. The number of allylic oxidation sites excluding steroid dienone is 6. The molecule has 118 valence electrons. The largest absolute Gasteiger partial charge is 0.479 e. The molecule has 0 aromatic carbocycles. The summed E-state index contributed by atoms with van der Waals surface area (Å²) in [6.45, 7) is 2.14. The SMILES string of the molecule is CC/C=C\C/C=C\C/C=C\CCCCCC1OC1C(=O)O. The number of carbonyl (C=O) groups is 1. The highest BCUT2D eigenvalue weighted by Crippen LogP contribution is 2.27. The van der Waals surface area contributed by atoms with Crippen LogP contribution in [0, 0.1) is 0 Å². The van der Waals surface area contributed by atoms with Gasteiger partial charge < -0.3 is 9.84 Å². The number of epoxide rings is 1. The summed E-state index contributed by atoms with van der Waals surface area (Å²) in [5, 5.41) is 8.68. The van der Waals surface area contributed by atoms with Gasteiger partial charge in [-0.25, -0.2) is 4.79 Å². The molecule has 0 aromatic rings. The van der Waals surface area contributed by atoms with E-state index in [0.717, 1.165) is 44.9 Å². The molecule has 3 heteroatoms. The number of carboxylic acid groups (broad SMARTS) is 1. The molecule has 2 unspecified atom stereocenters. The van der Waals surface area contributed by atoms with Gasteiger partial charge >= 0.3 is 5.97 Å². The van der Waals surface area contributed by atoms with Crippen LogP contribution in [-0.2, 0) is 9.53 Å². The fourth-order valence-electron chi connectivity index (χ4n) is 2.19. The number of hydrogen-bond donors (Lipinski definition) is 1. The molecular weight excluding hydrogens is 264 g/mol. The van der Waals surface area contributed by atoms with Gasteiger partial charge in [-0.1, -0.05) is 56.2 Å². The van der Waals surface area contributed by atoms with E-state index in [-0.39, 0.29) is 6.10 Å². The Bertz CT molecular complexity index is 369. The maximum absolute atomic E-state index is 10.6.